The number of nitrogens with one attached hydrogen (secondary N) is 1. The lowest BCUT2D eigenvalue weighted by Crippen LogP contribution is -2.52. The van der Waals surface area contributed by atoms with Gasteiger partial charge in [-0.25, -0.2) is 13.9 Å². The minimum absolute atomic E-state index is 0.00263. The van der Waals surface area contributed by atoms with E-state index in [0.717, 1.165) is 44.9 Å². The molecule has 0 bridgehead atoms. The monoisotopic (exact) mass is 489 g/mol. The summed E-state index contributed by atoms with van der Waals surface area (Å²) < 4.78 is 14.9. The molecule has 1 aromatic carbocycles. The van der Waals surface area contributed by atoms with Gasteiger partial charge >= 0.3 is 0 Å². The van der Waals surface area contributed by atoms with Gasteiger partial charge in [0.05, 0.1) is 24.0 Å². The number of rotatable bonds is 7. The molecule has 9 heteroatoms. The number of likely N-dealkylation sites (N-methyl/N-ethyl adjacent to an activating group) is 1. The van der Waals surface area contributed by atoms with Gasteiger partial charge in [0.2, 0.25) is 5.91 Å². The maximum Gasteiger partial charge on any atom is 0.236 e. The molecule has 0 spiro atoms. The minimum Gasteiger partial charge on any atom is -0.338 e. The first-order valence-electron chi connectivity index (χ1n) is 12.3. The molecule has 1 amide bonds. The summed E-state index contributed by atoms with van der Waals surface area (Å²) in [7, 11) is 1.80. The fourth-order valence-electron chi connectivity index (χ4n) is 4.88. The molecule has 3 aromatic heterocycles. The molecular formula is C27H32FN7O. The Morgan fingerprint density at radius 2 is 1.92 bits per heavy atom. The second-order valence-electron chi connectivity index (χ2n) is 10.0. The third-order valence-electron chi connectivity index (χ3n) is 7.14. The molecule has 1 N–H and O–H groups in total. The zero-order chi connectivity index (χ0) is 25.6. The molecule has 4 heterocycles. The Hall–Kier alpha value is -3.59. The molecule has 0 unspecified atom stereocenters. The molecule has 1 aliphatic rings. The van der Waals surface area contributed by atoms with Crippen LogP contribution in [-0.4, -0.2) is 73.4 Å². The van der Waals surface area contributed by atoms with Gasteiger partial charge in [-0.2, -0.15) is 10.2 Å². The molecule has 188 valence electrons. The Morgan fingerprint density at radius 3 is 2.58 bits per heavy atom. The van der Waals surface area contributed by atoms with E-state index in [1.807, 2.05) is 24.9 Å². The number of hydrogen-bond acceptors (Lipinski definition) is 5. The second-order valence-corrected chi connectivity index (χ2v) is 10.0. The Labute approximate surface area is 210 Å². The number of alkyl halides is 1. The predicted molar refractivity (Wildman–Crippen MR) is 137 cm³/mol. The van der Waals surface area contributed by atoms with Crippen molar-refractivity contribution in [2.45, 2.75) is 45.8 Å². The quantitative estimate of drug-likeness (QED) is 0.416. The number of benzene rings is 1. The molecule has 0 aliphatic carbocycles. The molecule has 1 atom stereocenters. The van der Waals surface area contributed by atoms with Crippen LogP contribution < -0.4 is 0 Å². The first-order valence-corrected chi connectivity index (χ1v) is 12.3. The number of aromatic nitrogens is 5. The van der Waals surface area contributed by atoms with Crippen molar-refractivity contribution in [3.05, 3.63) is 59.5 Å². The van der Waals surface area contributed by atoms with Crippen LogP contribution >= 0.6 is 0 Å². The number of carbonyl (C=O) groups is 1. The van der Waals surface area contributed by atoms with Crippen LogP contribution in [0.5, 0.6) is 0 Å². The van der Waals surface area contributed by atoms with Crippen molar-refractivity contribution in [2.24, 2.45) is 0 Å². The van der Waals surface area contributed by atoms with Crippen LogP contribution in [0.3, 0.4) is 0 Å². The molecular weight excluding hydrogens is 457 g/mol. The van der Waals surface area contributed by atoms with Gasteiger partial charge in [0.1, 0.15) is 12.5 Å². The maximum atomic E-state index is 13.1. The fraction of sp³-hybridized carbons (Fsp3) is 0.407. The predicted octanol–water partition coefficient (Wildman–Crippen LogP) is 4.39. The summed E-state index contributed by atoms with van der Waals surface area (Å²) in [6.45, 7) is 9.32. The molecule has 4 aromatic rings. The van der Waals surface area contributed by atoms with E-state index in [1.165, 1.54) is 0 Å². The number of likely N-dealkylation sites (tertiary alicyclic amines) is 1. The van der Waals surface area contributed by atoms with Crippen molar-refractivity contribution in [2.75, 3.05) is 26.7 Å². The van der Waals surface area contributed by atoms with E-state index in [2.05, 4.69) is 59.4 Å². The number of aryl methyl sites for hydroxylation is 1. The molecule has 5 rings (SSSR count). The summed E-state index contributed by atoms with van der Waals surface area (Å²) in [5.41, 5.74) is 7.99. The van der Waals surface area contributed by atoms with Gasteiger partial charge in [-0.15, -0.1) is 0 Å². The largest absolute Gasteiger partial charge is 0.338 e. The first kappa shape index (κ1) is 24.1. The summed E-state index contributed by atoms with van der Waals surface area (Å²) in [4.78, 5) is 20.5. The van der Waals surface area contributed by atoms with Gasteiger partial charge in [-0.05, 0) is 37.0 Å². The standard InChI is InChI=1S/C27H32FN7O/c1-16(2)24-25(31-32-26(24)21-10-17(3)27-29-15-30-35(27)11-21)20-8-6-19(7-9-20)18(4)33(5)23(36)14-34-12-22(28)13-34/h6-11,15-16,18,22H,12-14H2,1-5H3,(H,31,32)/t18-/m0/s1. The van der Waals surface area contributed by atoms with Crippen LogP contribution in [0.2, 0.25) is 0 Å². The van der Waals surface area contributed by atoms with Crippen molar-refractivity contribution in [3.63, 3.8) is 0 Å². The molecule has 8 nitrogen and oxygen atoms in total. The SMILES string of the molecule is Cc1cc(-c2[nH]nc(-c3ccc([C@H](C)N(C)C(=O)CN4CC(F)C4)cc3)c2C(C)C)cn2ncnc12. The number of carbonyl (C=O) groups excluding carboxylic acids is 1. The van der Waals surface area contributed by atoms with Crippen LogP contribution in [0.1, 0.15) is 49.4 Å². The highest BCUT2D eigenvalue weighted by atomic mass is 19.1. The fourth-order valence-corrected chi connectivity index (χ4v) is 4.88. The van der Waals surface area contributed by atoms with Gasteiger partial charge in [0, 0.05) is 43.0 Å². The average Bonchev–Trinajstić information content (AvgIpc) is 3.50. The summed E-state index contributed by atoms with van der Waals surface area (Å²) >= 11 is 0. The molecule has 36 heavy (non-hydrogen) atoms. The van der Waals surface area contributed by atoms with Gasteiger partial charge in [-0.1, -0.05) is 38.1 Å². The number of H-pyrrole nitrogens is 1. The van der Waals surface area contributed by atoms with Gasteiger partial charge in [-0.3, -0.25) is 14.8 Å². The highest BCUT2D eigenvalue weighted by Crippen LogP contribution is 2.36. The number of amides is 1. The van der Waals surface area contributed by atoms with E-state index < -0.39 is 6.17 Å². The Balaban J connectivity index is 1.39. The number of pyridine rings is 1. The number of nitrogens with zero attached hydrogens (tertiary/aromatic N) is 6. The summed E-state index contributed by atoms with van der Waals surface area (Å²) in [6.07, 6.45) is 2.73. The summed E-state index contributed by atoms with van der Waals surface area (Å²) in [5.74, 6) is 0.241. The average molecular weight is 490 g/mol. The first-order chi connectivity index (χ1) is 17.2. The third kappa shape index (κ3) is 4.39. The highest BCUT2D eigenvalue weighted by Gasteiger charge is 2.29. The zero-order valence-electron chi connectivity index (χ0n) is 21.4. The van der Waals surface area contributed by atoms with E-state index in [-0.39, 0.29) is 24.4 Å². The smallest absolute Gasteiger partial charge is 0.236 e. The summed E-state index contributed by atoms with van der Waals surface area (Å²) in [5, 5.41) is 12.3. The van der Waals surface area contributed by atoms with Gasteiger partial charge < -0.3 is 4.90 Å². The van der Waals surface area contributed by atoms with Crippen LogP contribution in [0, 0.1) is 6.92 Å². The van der Waals surface area contributed by atoms with Crippen LogP contribution in [0.15, 0.2) is 42.9 Å². The van der Waals surface area contributed by atoms with Crippen LogP contribution in [0.25, 0.3) is 28.2 Å². The number of halogens is 1. The van der Waals surface area contributed by atoms with Crippen molar-refractivity contribution < 1.29 is 9.18 Å². The van der Waals surface area contributed by atoms with E-state index in [0.29, 0.717) is 13.1 Å². The molecule has 1 fully saturated rings. The van der Waals surface area contributed by atoms with Gasteiger partial charge in [0.15, 0.2) is 5.65 Å². The third-order valence-corrected chi connectivity index (χ3v) is 7.14. The molecule has 0 radical (unpaired) electrons. The molecule has 0 saturated carbocycles. The van der Waals surface area contributed by atoms with Crippen LogP contribution in [-0.2, 0) is 4.79 Å². The van der Waals surface area contributed by atoms with Crippen molar-refractivity contribution in [1.29, 1.82) is 0 Å². The topological polar surface area (TPSA) is 82.4 Å². The Bertz CT molecular complexity index is 1390. The zero-order valence-corrected chi connectivity index (χ0v) is 21.4. The van der Waals surface area contributed by atoms with E-state index >= 15 is 0 Å². The second kappa shape index (κ2) is 9.46. The lowest BCUT2D eigenvalue weighted by Gasteiger charge is -2.35. The van der Waals surface area contributed by atoms with E-state index in [4.69, 9.17) is 5.10 Å². The highest BCUT2D eigenvalue weighted by molar-refractivity contribution is 5.79. The maximum absolute atomic E-state index is 13.1. The number of hydrogen-bond donors (Lipinski definition) is 1. The van der Waals surface area contributed by atoms with Crippen molar-refractivity contribution in [1.82, 2.24) is 34.6 Å². The number of aromatic amines is 1. The normalized spacial score (nSPS) is 15.4. The van der Waals surface area contributed by atoms with Crippen molar-refractivity contribution >= 4 is 11.6 Å². The minimum atomic E-state index is -0.805. The Kier molecular flexibility index (Phi) is 6.34. The molecule has 1 aliphatic heterocycles. The summed E-state index contributed by atoms with van der Waals surface area (Å²) in [6, 6.07) is 10.2. The Morgan fingerprint density at radius 1 is 1.19 bits per heavy atom. The lowest BCUT2D eigenvalue weighted by molar-refractivity contribution is -0.134. The lowest BCUT2D eigenvalue weighted by atomic mass is 9.93. The van der Waals surface area contributed by atoms with Gasteiger partial charge in [0.25, 0.3) is 0 Å². The van der Waals surface area contributed by atoms with E-state index in [1.54, 1.807) is 22.8 Å². The van der Waals surface area contributed by atoms with Crippen molar-refractivity contribution in [3.8, 4) is 22.5 Å². The molecule has 1 saturated heterocycles. The van der Waals surface area contributed by atoms with E-state index in [9.17, 15) is 9.18 Å². The number of fused-ring (bicyclic) bond motifs is 1. The van der Waals surface area contributed by atoms with Crippen LogP contribution in [0.4, 0.5) is 4.39 Å².